The van der Waals surface area contributed by atoms with Crippen LogP contribution in [0.1, 0.15) is 96.8 Å². The summed E-state index contributed by atoms with van der Waals surface area (Å²) in [7, 11) is 0. The van der Waals surface area contributed by atoms with E-state index in [0.717, 1.165) is 57.8 Å². The number of hydrogen-bond donors (Lipinski definition) is 2. The summed E-state index contributed by atoms with van der Waals surface area (Å²) >= 11 is 6.24. The zero-order valence-electron chi connectivity index (χ0n) is 14.2. The molecule has 0 heterocycles. The third kappa shape index (κ3) is 14.6. The van der Waals surface area contributed by atoms with Gasteiger partial charge in [0.15, 0.2) is 0 Å². The summed E-state index contributed by atoms with van der Waals surface area (Å²) in [5, 5.41) is 18.5. The summed E-state index contributed by atoms with van der Waals surface area (Å²) in [6, 6.07) is 0. The highest BCUT2D eigenvalue weighted by atomic mass is 35.5. The van der Waals surface area contributed by atoms with Crippen LogP contribution in [0.15, 0.2) is 0 Å². The van der Waals surface area contributed by atoms with Crippen LogP contribution in [0.5, 0.6) is 0 Å². The number of unbranched alkanes of at least 4 members (excludes halogenated alkanes) is 9. The largest absolute Gasteiger partial charge is 0.481 e. The molecule has 2 N–H and O–H groups in total. The second-order valence-electron chi connectivity index (χ2n) is 6.34. The fourth-order valence-electron chi connectivity index (χ4n) is 2.65. The standard InChI is InChI=1S/C18H35ClO3/c1-2-3-4-10-13-16(19)17(20)14-11-8-6-5-7-9-12-15-18(21)22/h16-17,20H,2-15H2,1H3,(H,21,22). The van der Waals surface area contributed by atoms with Crippen LogP contribution < -0.4 is 0 Å². The van der Waals surface area contributed by atoms with E-state index in [1.807, 2.05) is 0 Å². The molecule has 0 aromatic heterocycles. The fraction of sp³-hybridized carbons (Fsp3) is 0.944. The second-order valence-corrected chi connectivity index (χ2v) is 6.90. The zero-order chi connectivity index (χ0) is 16.6. The Morgan fingerprint density at radius 3 is 1.95 bits per heavy atom. The fourth-order valence-corrected chi connectivity index (χ4v) is 2.93. The van der Waals surface area contributed by atoms with Crippen LogP contribution in [0.3, 0.4) is 0 Å². The number of aliphatic carboxylic acids is 1. The molecule has 0 saturated carbocycles. The third-order valence-electron chi connectivity index (χ3n) is 4.14. The van der Waals surface area contributed by atoms with Crippen molar-refractivity contribution in [3.05, 3.63) is 0 Å². The van der Waals surface area contributed by atoms with Gasteiger partial charge in [0.1, 0.15) is 0 Å². The van der Waals surface area contributed by atoms with Gasteiger partial charge in [-0.25, -0.2) is 0 Å². The highest BCUT2D eigenvalue weighted by Gasteiger charge is 2.15. The van der Waals surface area contributed by atoms with Crippen molar-refractivity contribution in [3.63, 3.8) is 0 Å². The average Bonchev–Trinajstić information content (AvgIpc) is 2.49. The molecule has 0 aromatic carbocycles. The van der Waals surface area contributed by atoms with Gasteiger partial charge in [-0.2, -0.15) is 0 Å². The van der Waals surface area contributed by atoms with Gasteiger partial charge in [0.05, 0.1) is 11.5 Å². The van der Waals surface area contributed by atoms with Gasteiger partial charge in [-0.1, -0.05) is 71.1 Å². The minimum atomic E-state index is -0.695. The predicted octanol–water partition coefficient (Wildman–Crippen LogP) is 5.52. The molecule has 2 unspecified atom stereocenters. The highest BCUT2D eigenvalue weighted by Crippen LogP contribution is 2.18. The highest BCUT2D eigenvalue weighted by molar-refractivity contribution is 6.21. The predicted molar refractivity (Wildman–Crippen MR) is 93.6 cm³/mol. The number of carbonyl (C=O) groups is 1. The van der Waals surface area contributed by atoms with Gasteiger partial charge in [0.2, 0.25) is 0 Å². The first kappa shape index (κ1) is 21.7. The second kappa shape index (κ2) is 15.6. The molecule has 0 aliphatic heterocycles. The van der Waals surface area contributed by atoms with E-state index in [1.165, 1.54) is 25.7 Å². The van der Waals surface area contributed by atoms with Gasteiger partial charge < -0.3 is 10.2 Å². The number of aliphatic hydroxyl groups is 1. The summed E-state index contributed by atoms with van der Waals surface area (Å²) in [6.07, 6.45) is 13.9. The lowest BCUT2D eigenvalue weighted by atomic mass is 10.0. The minimum Gasteiger partial charge on any atom is -0.481 e. The van der Waals surface area contributed by atoms with Crippen molar-refractivity contribution in [1.82, 2.24) is 0 Å². The van der Waals surface area contributed by atoms with Gasteiger partial charge in [0.25, 0.3) is 0 Å². The van der Waals surface area contributed by atoms with Crippen molar-refractivity contribution in [2.24, 2.45) is 0 Å². The van der Waals surface area contributed by atoms with E-state index in [9.17, 15) is 9.90 Å². The number of alkyl halides is 1. The van der Waals surface area contributed by atoms with Crippen molar-refractivity contribution in [1.29, 1.82) is 0 Å². The molecule has 3 nitrogen and oxygen atoms in total. The molecular formula is C18H35ClO3. The van der Waals surface area contributed by atoms with Crippen LogP contribution in [0, 0.1) is 0 Å². The van der Waals surface area contributed by atoms with Crippen molar-refractivity contribution >= 4 is 17.6 Å². The Balaban J connectivity index is 3.33. The third-order valence-corrected chi connectivity index (χ3v) is 4.65. The summed E-state index contributed by atoms with van der Waals surface area (Å²) < 4.78 is 0. The molecule has 0 saturated heterocycles. The normalized spacial score (nSPS) is 14.0. The molecule has 132 valence electrons. The minimum absolute atomic E-state index is 0.0899. The molecular weight excluding hydrogens is 300 g/mol. The maximum Gasteiger partial charge on any atom is 0.303 e. The summed E-state index contributed by atoms with van der Waals surface area (Å²) in [5.74, 6) is -0.695. The van der Waals surface area contributed by atoms with Gasteiger partial charge in [-0.05, 0) is 19.3 Å². The van der Waals surface area contributed by atoms with Crippen LogP contribution in [0.25, 0.3) is 0 Å². The van der Waals surface area contributed by atoms with Crippen LogP contribution in [0.4, 0.5) is 0 Å². The lowest BCUT2D eigenvalue weighted by molar-refractivity contribution is -0.137. The van der Waals surface area contributed by atoms with Crippen molar-refractivity contribution in [2.75, 3.05) is 0 Å². The van der Waals surface area contributed by atoms with Gasteiger partial charge in [-0.3, -0.25) is 4.79 Å². The van der Waals surface area contributed by atoms with E-state index in [2.05, 4.69) is 6.92 Å². The first-order valence-electron chi connectivity index (χ1n) is 9.11. The van der Waals surface area contributed by atoms with E-state index in [4.69, 9.17) is 16.7 Å². The van der Waals surface area contributed by atoms with E-state index < -0.39 is 5.97 Å². The molecule has 0 amide bonds. The molecule has 22 heavy (non-hydrogen) atoms. The molecule has 0 aliphatic rings. The SMILES string of the molecule is CCCCCCC(Cl)C(O)CCCCCCCCCC(=O)O. The van der Waals surface area contributed by atoms with E-state index >= 15 is 0 Å². The molecule has 0 spiro atoms. The Morgan fingerprint density at radius 2 is 1.36 bits per heavy atom. The Morgan fingerprint density at radius 1 is 0.864 bits per heavy atom. The average molecular weight is 335 g/mol. The van der Waals surface area contributed by atoms with Crippen LogP contribution in [-0.2, 0) is 4.79 Å². The smallest absolute Gasteiger partial charge is 0.303 e. The van der Waals surface area contributed by atoms with E-state index in [1.54, 1.807) is 0 Å². The number of halogens is 1. The first-order valence-corrected chi connectivity index (χ1v) is 9.55. The quantitative estimate of drug-likeness (QED) is 0.288. The Bertz CT molecular complexity index is 259. The number of aliphatic hydroxyl groups excluding tert-OH is 1. The number of hydrogen-bond acceptors (Lipinski definition) is 2. The monoisotopic (exact) mass is 334 g/mol. The maximum atomic E-state index is 10.4. The molecule has 0 rings (SSSR count). The topological polar surface area (TPSA) is 57.5 Å². The molecule has 4 heteroatoms. The number of carboxylic acid groups (broad SMARTS) is 1. The van der Waals surface area contributed by atoms with Crippen molar-refractivity contribution in [3.8, 4) is 0 Å². The Labute approximate surface area is 141 Å². The molecule has 0 bridgehead atoms. The Kier molecular flexibility index (Phi) is 15.4. The molecule has 0 radical (unpaired) electrons. The van der Waals surface area contributed by atoms with E-state index in [-0.39, 0.29) is 11.5 Å². The zero-order valence-corrected chi connectivity index (χ0v) is 15.0. The molecule has 0 fully saturated rings. The maximum absolute atomic E-state index is 10.4. The van der Waals surface area contributed by atoms with Crippen LogP contribution >= 0.6 is 11.6 Å². The number of carboxylic acids is 1. The molecule has 0 aliphatic carbocycles. The van der Waals surface area contributed by atoms with E-state index in [0.29, 0.717) is 6.42 Å². The van der Waals surface area contributed by atoms with Gasteiger partial charge in [-0.15, -0.1) is 11.6 Å². The van der Waals surface area contributed by atoms with Crippen LogP contribution in [0.2, 0.25) is 0 Å². The number of rotatable bonds is 16. The van der Waals surface area contributed by atoms with Crippen LogP contribution in [-0.4, -0.2) is 27.7 Å². The van der Waals surface area contributed by atoms with Gasteiger partial charge >= 0.3 is 5.97 Å². The summed E-state index contributed by atoms with van der Waals surface area (Å²) in [4.78, 5) is 10.4. The lowest BCUT2D eigenvalue weighted by Gasteiger charge is -2.16. The molecule has 2 atom stereocenters. The van der Waals surface area contributed by atoms with Gasteiger partial charge in [0, 0.05) is 6.42 Å². The Hall–Kier alpha value is -0.280. The van der Waals surface area contributed by atoms with Crippen molar-refractivity contribution in [2.45, 2.75) is 108 Å². The van der Waals surface area contributed by atoms with Crippen molar-refractivity contribution < 1.29 is 15.0 Å². The molecule has 0 aromatic rings. The first-order chi connectivity index (χ1) is 10.6. The summed E-state index contributed by atoms with van der Waals surface area (Å²) in [6.45, 7) is 2.19. The lowest BCUT2D eigenvalue weighted by Crippen LogP contribution is -2.20. The summed E-state index contributed by atoms with van der Waals surface area (Å²) in [5.41, 5.74) is 0.